The lowest BCUT2D eigenvalue weighted by Gasteiger charge is -2.30. The molecule has 7 nitrogen and oxygen atoms in total. The average Bonchev–Trinajstić information content (AvgIpc) is 3.66. The van der Waals surface area contributed by atoms with Crippen LogP contribution in [0.25, 0.3) is 22.0 Å². The number of rotatable bonds is 9. The maximum Gasteiger partial charge on any atom is 0.252 e. The number of hydrogen-bond acceptors (Lipinski definition) is 5. The minimum absolute atomic E-state index is 0.169. The molecule has 0 spiro atoms. The lowest BCUT2D eigenvalue weighted by atomic mass is 9.88. The van der Waals surface area contributed by atoms with Crippen LogP contribution in [0.4, 0.5) is 0 Å². The predicted molar refractivity (Wildman–Crippen MR) is 164 cm³/mol. The summed E-state index contributed by atoms with van der Waals surface area (Å²) in [5, 5.41) is 4.36. The monoisotopic (exact) mass is 584 g/mol. The molecule has 4 N–H and O–H groups in total. The number of thiophene rings is 1. The number of nitrogens with zero attached hydrogens (tertiary/aromatic N) is 1. The van der Waals surface area contributed by atoms with Gasteiger partial charge in [-0.25, -0.2) is 8.42 Å². The summed E-state index contributed by atoms with van der Waals surface area (Å²) in [6, 6.07) is 27.6. The van der Waals surface area contributed by atoms with Gasteiger partial charge in [0, 0.05) is 42.6 Å². The smallest absolute Gasteiger partial charge is 0.252 e. The first-order valence-electron chi connectivity index (χ1n) is 13.7. The topological polar surface area (TPSA) is 108 Å². The Labute approximate surface area is 244 Å². The molecule has 1 amide bonds. The number of carbonyl (C=O) groups is 1. The van der Waals surface area contributed by atoms with Crippen molar-refractivity contribution in [2.75, 3.05) is 13.1 Å². The van der Waals surface area contributed by atoms with Gasteiger partial charge in [0.05, 0.1) is 11.1 Å². The first kappa shape index (κ1) is 27.4. The molecule has 0 radical (unpaired) electrons. The van der Waals surface area contributed by atoms with E-state index < -0.39 is 15.9 Å². The number of aromatic nitrogens is 1. The highest BCUT2D eigenvalue weighted by atomic mass is 32.2. The Hall–Kier alpha value is -3.76. The van der Waals surface area contributed by atoms with Gasteiger partial charge < -0.3 is 16.0 Å². The van der Waals surface area contributed by atoms with Crippen molar-refractivity contribution < 1.29 is 13.2 Å². The van der Waals surface area contributed by atoms with Crippen molar-refractivity contribution in [1.29, 1.82) is 0 Å². The van der Waals surface area contributed by atoms with Gasteiger partial charge in [0.25, 0.3) is 15.9 Å². The Morgan fingerprint density at radius 2 is 1.63 bits per heavy atom. The van der Waals surface area contributed by atoms with Gasteiger partial charge in [-0.2, -0.15) is 4.31 Å². The lowest BCUT2D eigenvalue weighted by Crippen LogP contribution is -2.37. The molecule has 3 aromatic carbocycles. The molecule has 1 fully saturated rings. The van der Waals surface area contributed by atoms with Gasteiger partial charge in [0.1, 0.15) is 4.21 Å². The SMILES string of the molecule is NC(=O)c1cc(-c2ccccc2)cc2c(C3CCN(S(=O)(=O)c4ccc(CNCc5ccccc5)s4)CC3)c[nH]c12. The molecule has 0 atom stereocenters. The number of benzene rings is 3. The zero-order chi connectivity index (χ0) is 28.4. The van der Waals surface area contributed by atoms with Crippen LogP contribution < -0.4 is 11.1 Å². The Morgan fingerprint density at radius 1 is 0.927 bits per heavy atom. The molecule has 2 aromatic heterocycles. The van der Waals surface area contributed by atoms with Crippen molar-refractivity contribution in [3.8, 4) is 11.1 Å². The van der Waals surface area contributed by atoms with Crippen LogP contribution in [-0.4, -0.2) is 36.7 Å². The van der Waals surface area contributed by atoms with Gasteiger partial charge >= 0.3 is 0 Å². The van der Waals surface area contributed by atoms with E-state index in [0.29, 0.717) is 42.2 Å². The largest absolute Gasteiger partial charge is 0.366 e. The molecule has 5 aromatic rings. The molecule has 210 valence electrons. The minimum Gasteiger partial charge on any atom is -0.366 e. The zero-order valence-electron chi connectivity index (χ0n) is 22.5. The van der Waals surface area contributed by atoms with Gasteiger partial charge in [-0.05, 0) is 65.3 Å². The molecular formula is C32H32N4O3S2. The van der Waals surface area contributed by atoms with Crippen molar-refractivity contribution in [3.05, 3.63) is 113 Å². The molecule has 1 saturated heterocycles. The lowest BCUT2D eigenvalue weighted by molar-refractivity contribution is 0.100. The van der Waals surface area contributed by atoms with Crippen LogP contribution in [0.5, 0.6) is 0 Å². The molecule has 9 heteroatoms. The summed E-state index contributed by atoms with van der Waals surface area (Å²) in [6.45, 7) is 2.24. The summed E-state index contributed by atoms with van der Waals surface area (Å²) < 4.78 is 29.0. The number of aromatic amines is 1. The number of piperidine rings is 1. The van der Waals surface area contributed by atoms with E-state index in [1.807, 2.05) is 66.9 Å². The van der Waals surface area contributed by atoms with E-state index in [1.54, 1.807) is 10.4 Å². The molecule has 41 heavy (non-hydrogen) atoms. The van der Waals surface area contributed by atoms with Crippen molar-refractivity contribution in [2.24, 2.45) is 5.73 Å². The number of nitrogens with two attached hydrogens (primary N) is 1. The highest BCUT2D eigenvalue weighted by Gasteiger charge is 2.32. The average molecular weight is 585 g/mol. The number of primary amides is 1. The summed E-state index contributed by atoms with van der Waals surface area (Å²) in [4.78, 5) is 16.6. The first-order chi connectivity index (χ1) is 19.9. The third-order valence-electron chi connectivity index (χ3n) is 7.79. The second kappa shape index (κ2) is 11.6. The summed E-state index contributed by atoms with van der Waals surface area (Å²) in [5.74, 6) is -0.310. The highest BCUT2D eigenvalue weighted by molar-refractivity contribution is 7.91. The minimum atomic E-state index is -3.56. The third-order valence-corrected chi connectivity index (χ3v) is 11.2. The van der Waals surface area contributed by atoms with E-state index in [1.165, 1.54) is 16.9 Å². The van der Waals surface area contributed by atoms with Crippen molar-refractivity contribution in [2.45, 2.75) is 36.1 Å². The van der Waals surface area contributed by atoms with Crippen LogP contribution in [-0.2, 0) is 23.1 Å². The van der Waals surface area contributed by atoms with Gasteiger partial charge in [0.2, 0.25) is 0 Å². The van der Waals surface area contributed by atoms with Crippen LogP contribution in [0.15, 0.2) is 95.3 Å². The molecule has 3 heterocycles. The van der Waals surface area contributed by atoms with Gasteiger partial charge in [-0.3, -0.25) is 4.79 Å². The fourth-order valence-electron chi connectivity index (χ4n) is 5.63. The van der Waals surface area contributed by atoms with Crippen molar-refractivity contribution in [1.82, 2.24) is 14.6 Å². The molecular weight excluding hydrogens is 553 g/mol. The zero-order valence-corrected chi connectivity index (χ0v) is 24.2. The maximum atomic E-state index is 13.5. The number of sulfonamides is 1. The third kappa shape index (κ3) is 5.71. The molecule has 0 bridgehead atoms. The normalized spacial score (nSPS) is 14.9. The predicted octanol–water partition coefficient (Wildman–Crippen LogP) is 5.85. The van der Waals surface area contributed by atoms with Crippen LogP contribution in [0, 0.1) is 0 Å². The van der Waals surface area contributed by atoms with Crippen LogP contribution >= 0.6 is 11.3 Å². The van der Waals surface area contributed by atoms with E-state index in [2.05, 4.69) is 28.5 Å². The quantitative estimate of drug-likeness (QED) is 0.202. The van der Waals surface area contributed by atoms with Crippen molar-refractivity contribution in [3.63, 3.8) is 0 Å². The molecule has 1 aliphatic rings. The summed E-state index contributed by atoms with van der Waals surface area (Å²) in [7, 11) is -3.56. The number of carbonyl (C=O) groups excluding carboxylic acids is 1. The molecule has 0 unspecified atom stereocenters. The molecule has 6 rings (SSSR count). The van der Waals surface area contributed by atoms with Gasteiger partial charge in [-0.15, -0.1) is 11.3 Å². The van der Waals surface area contributed by atoms with E-state index in [0.717, 1.165) is 39.0 Å². The van der Waals surface area contributed by atoms with Crippen molar-refractivity contribution >= 4 is 38.2 Å². The number of H-pyrrole nitrogens is 1. The van der Waals surface area contributed by atoms with Crippen LogP contribution in [0.1, 0.15) is 45.1 Å². The number of amides is 1. The molecule has 0 saturated carbocycles. The second-order valence-electron chi connectivity index (χ2n) is 10.4. The highest BCUT2D eigenvalue weighted by Crippen LogP contribution is 2.38. The first-order valence-corrected chi connectivity index (χ1v) is 16.0. The standard InChI is InChI=1S/C32H32N4O3S2/c33-32(37)28-18-25(23-9-5-2-6-10-23)17-27-29(21-35-31(27)28)24-13-15-36(16-14-24)41(38,39)30-12-11-26(40-30)20-34-19-22-7-3-1-4-8-22/h1-12,17-18,21,24,34-35H,13-16,19-20H2,(H2,33,37). The van der Waals surface area contributed by atoms with E-state index >= 15 is 0 Å². The number of nitrogens with one attached hydrogen (secondary N) is 2. The van der Waals surface area contributed by atoms with E-state index in [9.17, 15) is 13.2 Å². The number of hydrogen-bond donors (Lipinski definition) is 3. The maximum absolute atomic E-state index is 13.5. The van der Waals surface area contributed by atoms with E-state index in [-0.39, 0.29) is 5.92 Å². The molecule has 1 aliphatic heterocycles. The van der Waals surface area contributed by atoms with Crippen LogP contribution in [0.3, 0.4) is 0 Å². The Morgan fingerprint density at radius 3 is 2.34 bits per heavy atom. The molecule has 0 aliphatic carbocycles. The Balaban J connectivity index is 1.16. The summed E-state index contributed by atoms with van der Waals surface area (Å²) in [6.07, 6.45) is 3.35. The van der Waals surface area contributed by atoms with Gasteiger partial charge in [-0.1, -0.05) is 60.7 Å². The second-order valence-corrected chi connectivity index (χ2v) is 13.7. The fourth-order valence-corrected chi connectivity index (χ4v) is 8.58. The summed E-state index contributed by atoms with van der Waals surface area (Å²) in [5.41, 5.74) is 11.2. The van der Waals surface area contributed by atoms with Crippen LogP contribution in [0.2, 0.25) is 0 Å². The fraction of sp³-hybridized carbons (Fsp3) is 0.219. The van der Waals surface area contributed by atoms with E-state index in [4.69, 9.17) is 5.73 Å². The number of fused-ring (bicyclic) bond motifs is 1. The Bertz CT molecular complexity index is 1770. The summed E-state index contributed by atoms with van der Waals surface area (Å²) >= 11 is 1.33. The van der Waals surface area contributed by atoms with Gasteiger partial charge in [0.15, 0.2) is 0 Å². The Kier molecular flexibility index (Phi) is 7.77.